The van der Waals surface area contributed by atoms with E-state index in [1.54, 1.807) is 24.3 Å². The molecule has 3 rings (SSSR count). The van der Waals surface area contributed by atoms with Crippen LogP contribution in [0, 0.1) is 20.2 Å². The minimum atomic E-state index is -0.497. The highest BCUT2D eigenvalue weighted by Gasteiger charge is 2.23. The summed E-state index contributed by atoms with van der Waals surface area (Å²) in [7, 11) is 0. The van der Waals surface area contributed by atoms with Crippen molar-refractivity contribution in [2.24, 2.45) is 0 Å². The first-order valence-electron chi connectivity index (χ1n) is 8.50. The van der Waals surface area contributed by atoms with Crippen LogP contribution in [0.5, 0.6) is 0 Å². The molecular weight excluding hydrogens is 352 g/mol. The summed E-state index contributed by atoms with van der Waals surface area (Å²) in [6.07, 6.45) is 1.99. The molecule has 0 unspecified atom stereocenters. The normalized spacial score (nSPS) is 13.4. The molecule has 9 nitrogen and oxygen atoms in total. The van der Waals surface area contributed by atoms with E-state index in [0.29, 0.717) is 11.3 Å². The van der Waals surface area contributed by atoms with Gasteiger partial charge in [0.1, 0.15) is 5.69 Å². The Morgan fingerprint density at radius 2 is 1.67 bits per heavy atom. The summed E-state index contributed by atoms with van der Waals surface area (Å²) in [5, 5.41) is 24.7. The summed E-state index contributed by atoms with van der Waals surface area (Å²) in [6.45, 7) is 1.71. The van der Waals surface area contributed by atoms with Gasteiger partial charge in [0.25, 0.3) is 17.3 Å². The second-order valence-electron chi connectivity index (χ2n) is 6.26. The molecule has 0 radical (unpaired) electrons. The van der Waals surface area contributed by atoms with E-state index in [1.807, 2.05) is 4.90 Å². The van der Waals surface area contributed by atoms with Crippen molar-refractivity contribution in [2.75, 3.05) is 18.0 Å². The van der Waals surface area contributed by atoms with E-state index in [2.05, 4.69) is 5.32 Å². The first-order chi connectivity index (χ1) is 13.0. The molecule has 1 aliphatic heterocycles. The Balaban J connectivity index is 1.71. The Hall–Kier alpha value is -3.49. The van der Waals surface area contributed by atoms with Gasteiger partial charge in [0.15, 0.2) is 0 Å². The number of rotatable bonds is 6. The number of anilines is 1. The minimum absolute atomic E-state index is 0.0294. The summed E-state index contributed by atoms with van der Waals surface area (Å²) < 4.78 is 0. The number of carbonyl (C=O) groups is 1. The van der Waals surface area contributed by atoms with Crippen molar-refractivity contribution >= 4 is 23.0 Å². The zero-order valence-electron chi connectivity index (χ0n) is 14.5. The van der Waals surface area contributed by atoms with Gasteiger partial charge in [0, 0.05) is 43.4 Å². The molecule has 2 aromatic rings. The van der Waals surface area contributed by atoms with Crippen LogP contribution >= 0.6 is 0 Å². The Labute approximate surface area is 154 Å². The van der Waals surface area contributed by atoms with Gasteiger partial charge in [-0.05, 0) is 30.5 Å². The molecule has 9 heteroatoms. The van der Waals surface area contributed by atoms with Gasteiger partial charge >= 0.3 is 0 Å². The fourth-order valence-corrected chi connectivity index (χ4v) is 3.06. The first-order valence-corrected chi connectivity index (χ1v) is 8.50. The average Bonchev–Trinajstić information content (AvgIpc) is 3.20. The Kier molecular flexibility index (Phi) is 5.30. The number of amides is 1. The van der Waals surface area contributed by atoms with Gasteiger partial charge in [-0.3, -0.25) is 25.0 Å². The van der Waals surface area contributed by atoms with E-state index in [1.165, 1.54) is 18.2 Å². The number of benzene rings is 2. The maximum absolute atomic E-state index is 12.3. The lowest BCUT2D eigenvalue weighted by Crippen LogP contribution is -2.23. The molecule has 27 heavy (non-hydrogen) atoms. The minimum Gasteiger partial charge on any atom is -0.366 e. The van der Waals surface area contributed by atoms with E-state index >= 15 is 0 Å². The van der Waals surface area contributed by atoms with Crippen LogP contribution < -0.4 is 10.2 Å². The highest BCUT2D eigenvalue weighted by Crippen LogP contribution is 2.31. The third-order valence-corrected chi connectivity index (χ3v) is 4.48. The monoisotopic (exact) mass is 370 g/mol. The van der Waals surface area contributed by atoms with E-state index in [4.69, 9.17) is 0 Å². The number of nitrogens with zero attached hydrogens (tertiary/aromatic N) is 3. The van der Waals surface area contributed by atoms with Crippen LogP contribution in [-0.4, -0.2) is 28.8 Å². The number of non-ortho nitro benzene ring substituents is 1. The fraction of sp³-hybridized carbons (Fsp3) is 0.278. The summed E-state index contributed by atoms with van der Waals surface area (Å²) in [6, 6.07) is 10.3. The summed E-state index contributed by atoms with van der Waals surface area (Å²) in [5.74, 6) is -0.440. The second-order valence-corrected chi connectivity index (χ2v) is 6.26. The van der Waals surface area contributed by atoms with Crippen LogP contribution in [0.4, 0.5) is 17.1 Å². The number of nitrogens with one attached hydrogen (secondary N) is 1. The van der Waals surface area contributed by atoms with Crippen molar-refractivity contribution in [1.29, 1.82) is 0 Å². The number of hydrogen-bond acceptors (Lipinski definition) is 6. The molecule has 1 heterocycles. The third-order valence-electron chi connectivity index (χ3n) is 4.48. The van der Waals surface area contributed by atoms with Crippen LogP contribution in [0.1, 0.15) is 28.8 Å². The number of hydrogen-bond donors (Lipinski definition) is 1. The van der Waals surface area contributed by atoms with Crippen LogP contribution in [-0.2, 0) is 6.54 Å². The first kappa shape index (κ1) is 18.3. The molecule has 0 aromatic heterocycles. The SMILES string of the molecule is O=C(NCc1ccc([N+](=O)[O-])cc1)c1ccc(N2CCCC2)c([N+](=O)[O-])c1. The predicted molar refractivity (Wildman–Crippen MR) is 98.8 cm³/mol. The smallest absolute Gasteiger partial charge is 0.293 e. The number of carbonyl (C=O) groups excluding carboxylic acids is 1. The van der Waals surface area contributed by atoms with Gasteiger partial charge in [-0.1, -0.05) is 12.1 Å². The highest BCUT2D eigenvalue weighted by molar-refractivity contribution is 5.95. The van der Waals surface area contributed by atoms with Crippen molar-refractivity contribution in [3.63, 3.8) is 0 Å². The molecule has 0 aliphatic carbocycles. The summed E-state index contributed by atoms with van der Waals surface area (Å²) >= 11 is 0. The van der Waals surface area contributed by atoms with Gasteiger partial charge in [0.05, 0.1) is 9.85 Å². The van der Waals surface area contributed by atoms with Crippen molar-refractivity contribution in [3.8, 4) is 0 Å². The van der Waals surface area contributed by atoms with Gasteiger partial charge in [0.2, 0.25) is 0 Å². The van der Waals surface area contributed by atoms with Gasteiger partial charge in [-0.15, -0.1) is 0 Å². The average molecular weight is 370 g/mol. The largest absolute Gasteiger partial charge is 0.366 e. The van der Waals surface area contributed by atoms with Crippen LogP contribution in [0.15, 0.2) is 42.5 Å². The van der Waals surface area contributed by atoms with Crippen molar-refractivity contribution < 1.29 is 14.6 Å². The van der Waals surface area contributed by atoms with E-state index in [9.17, 15) is 25.0 Å². The molecule has 0 bridgehead atoms. The summed E-state index contributed by atoms with van der Waals surface area (Å²) in [5.41, 5.74) is 1.31. The highest BCUT2D eigenvalue weighted by atomic mass is 16.6. The molecule has 140 valence electrons. The fourth-order valence-electron chi connectivity index (χ4n) is 3.06. The van der Waals surface area contributed by atoms with Crippen LogP contribution in [0.25, 0.3) is 0 Å². The van der Waals surface area contributed by atoms with Crippen LogP contribution in [0.3, 0.4) is 0 Å². The zero-order valence-corrected chi connectivity index (χ0v) is 14.5. The Morgan fingerprint density at radius 1 is 1.00 bits per heavy atom. The van der Waals surface area contributed by atoms with Gasteiger partial charge < -0.3 is 10.2 Å². The predicted octanol–water partition coefficient (Wildman–Crippen LogP) is 3.03. The zero-order chi connectivity index (χ0) is 19.4. The Bertz CT molecular complexity index is 876. The molecule has 1 saturated heterocycles. The number of nitro benzene ring substituents is 2. The molecule has 1 amide bonds. The Morgan fingerprint density at radius 3 is 2.26 bits per heavy atom. The number of nitro groups is 2. The lowest BCUT2D eigenvalue weighted by molar-refractivity contribution is -0.384. The topological polar surface area (TPSA) is 119 Å². The second kappa shape index (κ2) is 7.81. The lowest BCUT2D eigenvalue weighted by atomic mass is 10.1. The van der Waals surface area contributed by atoms with Crippen molar-refractivity contribution in [2.45, 2.75) is 19.4 Å². The molecular formula is C18H18N4O5. The van der Waals surface area contributed by atoms with Gasteiger partial charge in [-0.2, -0.15) is 0 Å². The standard InChI is InChI=1S/C18H18N4O5/c23-18(19-12-13-3-6-15(7-4-13)21(24)25)14-5-8-16(17(11-14)22(26)27)20-9-1-2-10-20/h3-8,11H,1-2,9-10,12H2,(H,19,23). The molecule has 0 atom stereocenters. The van der Waals surface area contributed by atoms with Gasteiger partial charge in [-0.25, -0.2) is 0 Å². The molecule has 1 aliphatic rings. The molecule has 1 fully saturated rings. The third kappa shape index (κ3) is 4.20. The summed E-state index contributed by atoms with van der Waals surface area (Å²) in [4.78, 5) is 35.4. The van der Waals surface area contributed by atoms with E-state index in [0.717, 1.165) is 25.9 Å². The lowest BCUT2D eigenvalue weighted by Gasteiger charge is -2.17. The van der Waals surface area contributed by atoms with Crippen molar-refractivity contribution in [1.82, 2.24) is 5.32 Å². The molecule has 1 N–H and O–H groups in total. The molecule has 0 spiro atoms. The van der Waals surface area contributed by atoms with E-state index in [-0.39, 0.29) is 23.5 Å². The maximum atomic E-state index is 12.3. The van der Waals surface area contributed by atoms with E-state index < -0.39 is 15.8 Å². The quantitative estimate of drug-likeness (QED) is 0.617. The maximum Gasteiger partial charge on any atom is 0.293 e. The van der Waals surface area contributed by atoms with Crippen LogP contribution in [0.2, 0.25) is 0 Å². The van der Waals surface area contributed by atoms with Crippen molar-refractivity contribution in [3.05, 3.63) is 73.8 Å². The molecule has 0 saturated carbocycles. The molecule has 2 aromatic carbocycles.